The Morgan fingerprint density at radius 2 is 2.07 bits per heavy atom. The van der Waals surface area contributed by atoms with Crippen LogP contribution in [0, 0.1) is 0 Å². The Balaban J connectivity index is 1.49. The van der Waals surface area contributed by atoms with E-state index in [0.29, 0.717) is 24.4 Å². The van der Waals surface area contributed by atoms with Gasteiger partial charge in [0.25, 0.3) is 5.91 Å². The number of likely N-dealkylation sites (N-methyl/N-ethyl adjacent to an activating group) is 1. The summed E-state index contributed by atoms with van der Waals surface area (Å²) >= 11 is 0. The summed E-state index contributed by atoms with van der Waals surface area (Å²) in [6, 6.07) is 8.70. The number of nitrogens with zero attached hydrogens (tertiary/aromatic N) is 2. The van der Waals surface area contributed by atoms with Crippen molar-refractivity contribution in [3.05, 3.63) is 47.2 Å². The van der Waals surface area contributed by atoms with Crippen LogP contribution in [0.15, 0.2) is 41.6 Å². The van der Waals surface area contributed by atoms with Crippen molar-refractivity contribution >= 4 is 17.8 Å². The highest BCUT2D eigenvalue weighted by molar-refractivity contribution is 6.03. The van der Waals surface area contributed by atoms with Gasteiger partial charge in [-0.15, -0.1) is 0 Å². The third kappa shape index (κ3) is 3.85. The summed E-state index contributed by atoms with van der Waals surface area (Å²) < 4.78 is 5.52. The van der Waals surface area contributed by atoms with Crippen LogP contribution in [0.2, 0.25) is 0 Å². The molecule has 4 rings (SSSR count). The van der Waals surface area contributed by atoms with Gasteiger partial charge in [0, 0.05) is 19.7 Å². The highest BCUT2D eigenvalue weighted by Gasteiger charge is 2.43. The number of urea groups is 1. The number of rotatable bonds is 6. The minimum absolute atomic E-state index is 0.0359. The molecule has 0 radical (unpaired) electrons. The molecule has 2 N–H and O–H groups in total. The Kier molecular flexibility index (Phi) is 5.53. The van der Waals surface area contributed by atoms with Crippen molar-refractivity contribution in [3.8, 4) is 0 Å². The average Bonchev–Trinajstić information content (AvgIpc) is 3.35. The first-order chi connectivity index (χ1) is 14.1. The lowest BCUT2D eigenvalue weighted by molar-refractivity contribution is -0.132. The molecule has 1 aromatic rings. The van der Waals surface area contributed by atoms with Crippen LogP contribution < -0.4 is 10.6 Å². The van der Waals surface area contributed by atoms with Crippen molar-refractivity contribution in [2.75, 3.05) is 32.8 Å². The summed E-state index contributed by atoms with van der Waals surface area (Å²) in [5.41, 5.74) is 2.08. The number of benzene rings is 1. The quantitative estimate of drug-likeness (QED) is 0.753. The molecular formula is C21H26N4O4. The molecule has 1 fully saturated rings. The molecule has 29 heavy (non-hydrogen) atoms. The summed E-state index contributed by atoms with van der Waals surface area (Å²) in [6.45, 7) is 3.74. The van der Waals surface area contributed by atoms with E-state index < -0.39 is 6.04 Å². The Bertz CT molecular complexity index is 832. The fraction of sp³-hybridized carbons (Fsp3) is 0.476. The largest absolute Gasteiger partial charge is 0.376 e. The van der Waals surface area contributed by atoms with E-state index in [9.17, 15) is 14.4 Å². The number of nitrogens with one attached hydrogen (secondary N) is 2. The molecule has 3 aliphatic rings. The highest BCUT2D eigenvalue weighted by Crippen LogP contribution is 2.35. The van der Waals surface area contributed by atoms with Crippen molar-refractivity contribution in [2.45, 2.75) is 31.9 Å². The maximum Gasteiger partial charge on any atom is 0.322 e. The fourth-order valence-electron chi connectivity index (χ4n) is 4.17. The van der Waals surface area contributed by atoms with Gasteiger partial charge in [-0.25, -0.2) is 4.79 Å². The minimum Gasteiger partial charge on any atom is -0.376 e. The molecule has 8 nitrogen and oxygen atoms in total. The van der Waals surface area contributed by atoms with Gasteiger partial charge in [-0.2, -0.15) is 0 Å². The van der Waals surface area contributed by atoms with Crippen molar-refractivity contribution in [3.63, 3.8) is 0 Å². The van der Waals surface area contributed by atoms with Crippen LogP contribution in [-0.2, 0) is 14.3 Å². The summed E-state index contributed by atoms with van der Waals surface area (Å²) in [5.74, 6) is -0.424. The summed E-state index contributed by atoms with van der Waals surface area (Å²) in [6.07, 6.45) is 2.01. The number of hydrogen-bond donors (Lipinski definition) is 2. The molecule has 2 atom stereocenters. The Hall–Kier alpha value is -2.87. The van der Waals surface area contributed by atoms with E-state index in [2.05, 4.69) is 10.6 Å². The Labute approximate surface area is 169 Å². The predicted molar refractivity (Wildman–Crippen MR) is 106 cm³/mol. The molecule has 4 amide bonds. The van der Waals surface area contributed by atoms with Crippen LogP contribution in [0.25, 0.3) is 0 Å². The fourth-order valence-corrected chi connectivity index (χ4v) is 4.17. The second kappa shape index (κ2) is 8.24. The van der Waals surface area contributed by atoms with E-state index >= 15 is 0 Å². The number of ether oxygens (including phenoxy) is 1. The average molecular weight is 398 g/mol. The molecule has 3 aliphatic heterocycles. The second-order valence-electron chi connectivity index (χ2n) is 7.50. The SMILES string of the molecule is CCN1C(=O)NC(c2ccccc2)C2=C1CN(CC(=O)NCC1CCCO1)C2=O. The minimum atomic E-state index is -0.506. The van der Waals surface area contributed by atoms with E-state index in [4.69, 9.17) is 4.74 Å². The lowest BCUT2D eigenvalue weighted by Gasteiger charge is -2.32. The van der Waals surface area contributed by atoms with Crippen LogP contribution >= 0.6 is 0 Å². The maximum absolute atomic E-state index is 13.2. The number of hydrogen-bond acceptors (Lipinski definition) is 4. The summed E-state index contributed by atoms with van der Waals surface area (Å²) in [7, 11) is 0. The molecule has 154 valence electrons. The lowest BCUT2D eigenvalue weighted by Crippen LogP contribution is -2.47. The first kappa shape index (κ1) is 19.4. The topological polar surface area (TPSA) is 91.0 Å². The number of amides is 4. The molecule has 3 heterocycles. The van der Waals surface area contributed by atoms with Crippen LogP contribution in [0.5, 0.6) is 0 Å². The Morgan fingerprint density at radius 1 is 1.28 bits per heavy atom. The van der Waals surface area contributed by atoms with Gasteiger partial charge in [0.2, 0.25) is 5.91 Å². The van der Waals surface area contributed by atoms with Gasteiger partial charge in [-0.05, 0) is 25.3 Å². The lowest BCUT2D eigenvalue weighted by atomic mass is 9.95. The van der Waals surface area contributed by atoms with E-state index in [1.54, 1.807) is 4.90 Å². The molecule has 0 saturated carbocycles. The van der Waals surface area contributed by atoms with Crippen LogP contribution in [0.1, 0.15) is 31.4 Å². The van der Waals surface area contributed by atoms with Crippen LogP contribution in [-0.4, -0.2) is 66.5 Å². The summed E-state index contributed by atoms with van der Waals surface area (Å²) in [5, 5.41) is 5.79. The zero-order valence-corrected chi connectivity index (χ0v) is 16.5. The van der Waals surface area contributed by atoms with Crippen molar-refractivity contribution < 1.29 is 19.1 Å². The molecule has 0 aromatic heterocycles. The smallest absolute Gasteiger partial charge is 0.322 e. The van der Waals surface area contributed by atoms with Gasteiger partial charge >= 0.3 is 6.03 Å². The highest BCUT2D eigenvalue weighted by atomic mass is 16.5. The first-order valence-corrected chi connectivity index (χ1v) is 10.1. The van der Waals surface area contributed by atoms with Gasteiger partial charge in [-0.3, -0.25) is 14.5 Å². The van der Waals surface area contributed by atoms with Gasteiger partial charge in [0.15, 0.2) is 0 Å². The second-order valence-corrected chi connectivity index (χ2v) is 7.50. The zero-order chi connectivity index (χ0) is 20.4. The monoisotopic (exact) mass is 398 g/mol. The molecular weight excluding hydrogens is 372 g/mol. The normalized spacial score (nSPS) is 24.0. The van der Waals surface area contributed by atoms with Crippen molar-refractivity contribution in [1.82, 2.24) is 20.4 Å². The first-order valence-electron chi connectivity index (χ1n) is 10.1. The van der Waals surface area contributed by atoms with E-state index in [1.165, 1.54) is 4.90 Å². The molecule has 2 unspecified atom stereocenters. The van der Waals surface area contributed by atoms with E-state index in [1.807, 2.05) is 37.3 Å². The van der Waals surface area contributed by atoms with Crippen molar-refractivity contribution in [1.29, 1.82) is 0 Å². The molecule has 8 heteroatoms. The predicted octanol–water partition coefficient (Wildman–Crippen LogP) is 1.16. The van der Waals surface area contributed by atoms with E-state index in [-0.39, 0.29) is 37.0 Å². The van der Waals surface area contributed by atoms with Crippen molar-refractivity contribution in [2.24, 2.45) is 0 Å². The summed E-state index contributed by atoms with van der Waals surface area (Å²) in [4.78, 5) is 41.3. The van der Waals surface area contributed by atoms with E-state index in [0.717, 1.165) is 25.0 Å². The molecule has 0 aliphatic carbocycles. The van der Waals surface area contributed by atoms with Crippen LogP contribution in [0.4, 0.5) is 4.79 Å². The molecule has 1 aromatic carbocycles. The zero-order valence-electron chi connectivity index (χ0n) is 16.5. The van der Waals surface area contributed by atoms with Gasteiger partial charge in [-0.1, -0.05) is 30.3 Å². The standard InChI is InChI=1S/C21H26N4O4/c1-2-25-16-12-24(13-17(26)22-11-15-9-6-10-29-15)20(27)18(16)19(23-21(25)28)14-7-4-3-5-8-14/h3-5,7-8,15,19H,2,6,9-13H2,1H3,(H,22,26)(H,23,28). The molecule has 1 saturated heterocycles. The third-order valence-corrected chi connectivity index (χ3v) is 5.63. The molecule has 0 bridgehead atoms. The Morgan fingerprint density at radius 3 is 2.76 bits per heavy atom. The maximum atomic E-state index is 13.2. The molecule has 0 spiro atoms. The van der Waals surface area contributed by atoms with Gasteiger partial charge in [0.05, 0.1) is 30.0 Å². The van der Waals surface area contributed by atoms with Gasteiger partial charge < -0.3 is 20.3 Å². The van der Waals surface area contributed by atoms with Gasteiger partial charge in [0.1, 0.15) is 6.54 Å². The third-order valence-electron chi connectivity index (χ3n) is 5.63. The van der Waals surface area contributed by atoms with Crippen LogP contribution in [0.3, 0.4) is 0 Å². The number of carbonyl (C=O) groups excluding carboxylic acids is 3. The number of carbonyl (C=O) groups is 3.